The highest BCUT2D eigenvalue weighted by atomic mass is 16.5. The first kappa shape index (κ1) is 18.7. The third-order valence-electron chi connectivity index (χ3n) is 5.14. The molecule has 146 valence electrons. The SMILES string of the molecule is COC(=O)c1ccc(NC(=O)c2ccc(CN3CCc4ccccc43)cc2)cc1. The number of esters is 1. The summed E-state index contributed by atoms with van der Waals surface area (Å²) in [5, 5.41) is 2.85. The van der Waals surface area contributed by atoms with E-state index < -0.39 is 5.97 Å². The lowest BCUT2D eigenvalue weighted by Gasteiger charge is -2.19. The zero-order valence-electron chi connectivity index (χ0n) is 16.2. The molecule has 1 heterocycles. The lowest BCUT2D eigenvalue weighted by Crippen LogP contribution is -2.19. The number of carbonyl (C=O) groups is 2. The Balaban J connectivity index is 1.39. The molecule has 4 rings (SSSR count). The maximum atomic E-state index is 12.5. The van der Waals surface area contributed by atoms with Crippen LogP contribution >= 0.6 is 0 Å². The second-order valence-electron chi connectivity index (χ2n) is 7.02. The highest BCUT2D eigenvalue weighted by Gasteiger charge is 2.18. The summed E-state index contributed by atoms with van der Waals surface area (Å²) in [5.41, 5.74) is 5.51. The number of hydrogen-bond donors (Lipinski definition) is 1. The molecular formula is C24H22N2O3. The van der Waals surface area contributed by atoms with E-state index in [-0.39, 0.29) is 5.91 Å². The molecule has 0 aromatic heterocycles. The van der Waals surface area contributed by atoms with Crippen molar-refractivity contribution in [2.24, 2.45) is 0 Å². The Hall–Kier alpha value is -3.60. The van der Waals surface area contributed by atoms with Gasteiger partial charge in [-0.2, -0.15) is 0 Å². The normalized spacial score (nSPS) is 12.4. The highest BCUT2D eigenvalue weighted by molar-refractivity contribution is 6.04. The number of fused-ring (bicyclic) bond motifs is 1. The number of ether oxygens (including phenoxy) is 1. The van der Waals surface area contributed by atoms with E-state index in [1.54, 1.807) is 24.3 Å². The first-order valence-corrected chi connectivity index (χ1v) is 9.55. The Bertz CT molecular complexity index is 1030. The second kappa shape index (κ2) is 8.19. The quantitative estimate of drug-likeness (QED) is 0.665. The van der Waals surface area contributed by atoms with Gasteiger partial charge in [-0.25, -0.2) is 4.79 Å². The largest absolute Gasteiger partial charge is 0.465 e. The van der Waals surface area contributed by atoms with Crippen LogP contribution in [-0.2, 0) is 17.7 Å². The van der Waals surface area contributed by atoms with E-state index in [2.05, 4.69) is 39.2 Å². The third-order valence-corrected chi connectivity index (χ3v) is 5.14. The molecule has 1 N–H and O–H groups in total. The van der Waals surface area contributed by atoms with Crippen LogP contribution in [0.5, 0.6) is 0 Å². The molecule has 0 saturated carbocycles. The maximum absolute atomic E-state index is 12.5. The summed E-state index contributed by atoms with van der Waals surface area (Å²) in [7, 11) is 1.34. The summed E-state index contributed by atoms with van der Waals surface area (Å²) in [6.07, 6.45) is 1.07. The van der Waals surface area contributed by atoms with Crippen molar-refractivity contribution in [3.05, 3.63) is 95.1 Å². The standard InChI is InChI=1S/C24H22N2O3/c1-29-24(28)20-10-12-21(13-11-20)25-23(27)19-8-6-17(7-9-19)16-26-15-14-18-4-2-3-5-22(18)26/h2-13H,14-16H2,1H3,(H,25,27). The number of hydrogen-bond acceptors (Lipinski definition) is 4. The fourth-order valence-corrected chi connectivity index (χ4v) is 3.56. The predicted molar refractivity (Wildman–Crippen MR) is 113 cm³/mol. The Morgan fingerprint density at radius 3 is 2.34 bits per heavy atom. The van der Waals surface area contributed by atoms with Gasteiger partial charge in [-0.05, 0) is 60.0 Å². The van der Waals surface area contributed by atoms with E-state index in [0.29, 0.717) is 16.8 Å². The van der Waals surface area contributed by atoms with Crippen LogP contribution < -0.4 is 10.2 Å². The zero-order valence-corrected chi connectivity index (χ0v) is 16.2. The first-order valence-electron chi connectivity index (χ1n) is 9.55. The maximum Gasteiger partial charge on any atom is 0.337 e. The molecule has 29 heavy (non-hydrogen) atoms. The molecule has 1 aliphatic heterocycles. The van der Waals surface area contributed by atoms with Crippen LogP contribution in [0.3, 0.4) is 0 Å². The van der Waals surface area contributed by atoms with Gasteiger partial charge < -0.3 is 15.0 Å². The average molecular weight is 386 g/mol. The van der Waals surface area contributed by atoms with E-state index in [4.69, 9.17) is 0 Å². The minimum absolute atomic E-state index is 0.186. The zero-order chi connectivity index (χ0) is 20.2. The number of para-hydroxylation sites is 1. The molecule has 0 aliphatic carbocycles. The number of anilines is 2. The van der Waals surface area contributed by atoms with E-state index in [0.717, 1.165) is 19.5 Å². The van der Waals surface area contributed by atoms with Crippen molar-refractivity contribution >= 4 is 23.3 Å². The molecule has 0 radical (unpaired) electrons. The smallest absolute Gasteiger partial charge is 0.337 e. The topological polar surface area (TPSA) is 58.6 Å². The number of benzene rings is 3. The van der Waals surface area contributed by atoms with E-state index in [1.165, 1.54) is 23.9 Å². The van der Waals surface area contributed by atoms with Crippen LogP contribution in [0.25, 0.3) is 0 Å². The fraction of sp³-hybridized carbons (Fsp3) is 0.167. The van der Waals surface area contributed by atoms with Crippen LogP contribution in [0.15, 0.2) is 72.8 Å². The monoisotopic (exact) mass is 386 g/mol. The summed E-state index contributed by atoms with van der Waals surface area (Å²) in [6.45, 7) is 1.84. The van der Waals surface area contributed by atoms with Crippen LogP contribution in [0.2, 0.25) is 0 Å². The minimum atomic E-state index is -0.404. The van der Waals surface area contributed by atoms with Crippen molar-refractivity contribution in [1.82, 2.24) is 0 Å². The lowest BCUT2D eigenvalue weighted by molar-refractivity contribution is 0.0600. The first-order chi connectivity index (χ1) is 14.1. The van der Waals surface area contributed by atoms with E-state index >= 15 is 0 Å². The van der Waals surface area contributed by atoms with Crippen molar-refractivity contribution in [2.45, 2.75) is 13.0 Å². The third kappa shape index (κ3) is 4.14. The molecule has 0 fully saturated rings. The molecule has 3 aromatic carbocycles. The molecule has 3 aromatic rings. The Morgan fingerprint density at radius 1 is 0.931 bits per heavy atom. The highest BCUT2D eigenvalue weighted by Crippen LogP contribution is 2.28. The molecule has 1 amide bonds. The van der Waals surface area contributed by atoms with Gasteiger partial charge in [-0.15, -0.1) is 0 Å². The molecule has 0 unspecified atom stereocenters. The van der Waals surface area contributed by atoms with Gasteiger partial charge in [0.05, 0.1) is 12.7 Å². The Morgan fingerprint density at radius 2 is 1.62 bits per heavy atom. The van der Waals surface area contributed by atoms with Crippen LogP contribution in [0.4, 0.5) is 11.4 Å². The van der Waals surface area contributed by atoms with Crippen molar-refractivity contribution in [2.75, 3.05) is 23.9 Å². The molecule has 5 heteroatoms. The van der Waals surface area contributed by atoms with Crippen molar-refractivity contribution in [3.8, 4) is 0 Å². The number of carbonyl (C=O) groups excluding carboxylic acids is 2. The Labute approximate surface area is 169 Å². The number of nitrogens with zero attached hydrogens (tertiary/aromatic N) is 1. The van der Waals surface area contributed by atoms with Gasteiger partial charge in [-0.3, -0.25) is 4.79 Å². The molecule has 0 saturated heterocycles. The summed E-state index contributed by atoms with van der Waals surface area (Å²) in [6, 6.07) is 22.8. The molecule has 1 aliphatic rings. The molecule has 5 nitrogen and oxygen atoms in total. The van der Waals surface area contributed by atoms with Gasteiger partial charge in [0.15, 0.2) is 0 Å². The molecular weight excluding hydrogens is 364 g/mol. The summed E-state index contributed by atoms with van der Waals surface area (Å²) in [4.78, 5) is 26.3. The van der Waals surface area contributed by atoms with Crippen molar-refractivity contribution in [1.29, 1.82) is 0 Å². The summed E-state index contributed by atoms with van der Waals surface area (Å²) in [5.74, 6) is -0.590. The van der Waals surface area contributed by atoms with Crippen LogP contribution in [0.1, 0.15) is 31.8 Å². The van der Waals surface area contributed by atoms with Crippen LogP contribution in [0, 0.1) is 0 Å². The number of rotatable bonds is 5. The van der Waals surface area contributed by atoms with E-state index in [1.807, 2.05) is 24.3 Å². The second-order valence-corrected chi connectivity index (χ2v) is 7.02. The van der Waals surface area contributed by atoms with Gasteiger partial charge in [0, 0.05) is 30.0 Å². The average Bonchev–Trinajstić information content (AvgIpc) is 3.17. The molecule has 0 bridgehead atoms. The van der Waals surface area contributed by atoms with Crippen LogP contribution in [-0.4, -0.2) is 25.5 Å². The van der Waals surface area contributed by atoms with Gasteiger partial charge in [0.1, 0.15) is 0 Å². The minimum Gasteiger partial charge on any atom is -0.465 e. The number of amides is 1. The molecule has 0 atom stereocenters. The van der Waals surface area contributed by atoms with Gasteiger partial charge in [0.25, 0.3) is 5.91 Å². The van der Waals surface area contributed by atoms with Crippen molar-refractivity contribution in [3.63, 3.8) is 0 Å². The lowest BCUT2D eigenvalue weighted by atomic mass is 10.1. The van der Waals surface area contributed by atoms with E-state index in [9.17, 15) is 9.59 Å². The van der Waals surface area contributed by atoms with Gasteiger partial charge in [-0.1, -0.05) is 30.3 Å². The van der Waals surface area contributed by atoms with Crippen molar-refractivity contribution < 1.29 is 14.3 Å². The summed E-state index contributed by atoms with van der Waals surface area (Å²) >= 11 is 0. The van der Waals surface area contributed by atoms with Gasteiger partial charge >= 0.3 is 5.97 Å². The van der Waals surface area contributed by atoms with Gasteiger partial charge in [0.2, 0.25) is 0 Å². The fourth-order valence-electron chi connectivity index (χ4n) is 3.56. The number of methoxy groups -OCH3 is 1. The number of nitrogens with one attached hydrogen (secondary N) is 1. The Kier molecular flexibility index (Phi) is 5.29. The summed E-state index contributed by atoms with van der Waals surface area (Å²) < 4.78 is 4.67. The molecule has 0 spiro atoms. The predicted octanol–water partition coefficient (Wildman–Crippen LogP) is 4.29.